The Balaban J connectivity index is 2.19. The third kappa shape index (κ3) is 1.41. The molecule has 1 saturated heterocycles. The molecule has 0 amide bonds. The number of hydrogen-bond acceptors (Lipinski definition) is 0. The smallest absolute Gasteiger partial charge is 0.152 e. The molecule has 0 aliphatic carbocycles. The van der Waals surface area contributed by atoms with Gasteiger partial charge in [-0.25, -0.2) is 4.58 Å². The highest BCUT2D eigenvalue weighted by Gasteiger charge is 2.33. The Bertz CT molecular complexity index is 205. The van der Waals surface area contributed by atoms with E-state index in [1.165, 1.54) is 38.6 Å². The fourth-order valence-corrected chi connectivity index (χ4v) is 2.92. The van der Waals surface area contributed by atoms with Crippen molar-refractivity contribution in [3.05, 3.63) is 0 Å². The summed E-state index contributed by atoms with van der Waals surface area (Å²) in [4.78, 5) is 0. The van der Waals surface area contributed by atoms with Gasteiger partial charge >= 0.3 is 0 Å². The fourth-order valence-electron chi connectivity index (χ4n) is 2.92. The standard InChI is InChI=1S/C11H20N/c1-9-7-10(2)12-6-4-3-5-11(12)8-9/h9,11H,3-8H2,1-2H3/q+1/t9-,11-/m1/s1. The van der Waals surface area contributed by atoms with Crippen molar-refractivity contribution >= 4 is 5.71 Å². The summed E-state index contributed by atoms with van der Waals surface area (Å²) in [6.45, 7) is 6.06. The molecule has 2 rings (SSSR count). The second kappa shape index (κ2) is 3.20. The van der Waals surface area contributed by atoms with Crippen molar-refractivity contribution in [2.75, 3.05) is 6.54 Å². The second-order valence-corrected chi connectivity index (χ2v) is 4.62. The molecule has 12 heavy (non-hydrogen) atoms. The minimum atomic E-state index is 0.905. The lowest BCUT2D eigenvalue weighted by Crippen LogP contribution is -2.40. The third-order valence-corrected chi connectivity index (χ3v) is 3.44. The van der Waals surface area contributed by atoms with Gasteiger partial charge in [0.15, 0.2) is 6.04 Å². The molecule has 68 valence electrons. The maximum Gasteiger partial charge on any atom is 0.152 e. The van der Waals surface area contributed by atoms with Crippen molar-refractivity contribution in [1.82, 2.24) is 0 Å². The first kappa shape index (κ1) is 8.28. The zero-order chi connectivity index (χ0) is 8.55. The summed E-state index contributed by atoms with van der Waals surface area (Å²) in [5, 5.41) is 0. The largest absolute Gasteiger partial charge is 0.235 e. The van der Waals surface area contributed by atoms with Gasteiger partial charge in [-0.2, -0.15) is 0 Å². The van der Waals surface area contributed by atoms with E-state index in [1.54, 1.807) is 5.71 Å². The van der Waals surface area contributed by atoms with E-state index >= 15 is 0 Å². The lowest BCUT2D eigenvalue weighted by molar-refractivity contribution is -0.584. The van der Waals surface area contributed by atoms with Gasteiger partial charge in [-0.3, -0.25) is 0 Å². The predicted octanol–water partition coefficient (Wildman–Crippen LogP) is 2.44. The second-order valence-electron chi connectivity index (χ2n) is 4.62. The van der Waals surface area contributed by atoms with Crippen molar-refractivity contribution in [2.45, 2.75) is 52.0 Å². The van der Waals surface area contributed by atoms with Crippen LogP contribution in [0, 0.1) is 5.92 Å². The molecule has 0 N–H and O–H groups in total. The molecule has 0 aromatic carbocycles. The molecule has 2 heterocycles. The van der Waals surface area contributed by atoms with Crippen molar-refractivity contribution < 1.29 is 4.58 Å². The van der Waals surface area contributed by atoms with Gasteiger partial charge in [-0.05, 0) is 12.3 Å². The number of hydrogen-bond donors (Lipinski definition) is 0. The van der Waals surface area contributed by atoms with Crippen LogP contribution in [0.4, 0.5) is 0 Å². The van der Waals surface area contributed by atoms with Crippen LogP contribution in [0.25, 0.3) is 0 Å². The third-order valence-electron chi connectivity index (χ3n) is 3.44. The molecule has 0 aromatic rings. The quantitative estimate of drug-likeness (QED) is 0.486. The Hall–Kier alpha value is -0.330. The molecule has 0 saturated carbocycles. The molecule has 0 radical (unpaired) electrons. The van der Waals surface area contributed by atoms with E-state index in [1.807, 2.05) is 0 Å². The maximum atomic E-state index is 2.67. The van der Waals surface area contributed by atoms with Gasteiger partial charge in [0.05, 0.1) is 0 Å². The van der Waals surface area contributed by atoms with E-state index in [-0.39, 0.29) is 0 Å². The van der Waals surface area contributed by atoms with E-state index in [0.717, 1.165) is 12.0 Å². The van der Waals surface area contributed by atoms with Gasteiger partial charge in [0, 0.05) is 32.6 Å². The van der Waals surface area contributed by atoms with E-state index in [9.17, 15) is 0 Å². The summed E-state index contributed by atoms with van der Waals surface area (Å²) in [6.07, 6.45) is 7.11. The van der Waals surface area contributed by atoms with Gasteiger partial charge in [0.2, 0.25) is 0 Å². The highest BCUT2D eigenvalue weighted by molar-refractivity contribution is 5.77. The van der Waals surface area contributed by atoms with Crippen LogP contribution in [0.2, 0.25) is 0 Å². The minimum absolute atomic E-state index is 0.905. The Morgan fingerprint density at radius 3 is 3.00 bits per heavy atom. The highest BCUT2D eigenvalue weighted by atomic mass is 15.1. The first-order valence-electron chi connectivity index (χ1n) is 5.36. The molecule has 1 fully saturated rings. The molecular formula is C11H20N+. The fraction of sp³-hybridized carbons (Fsp3) is 0.909. The summed E-state index contributed by atoms with van der Waals surface area (Å²) < 4.78 is 2.67. The van der Waals surface area contributed by atoms with E-state index in [0.29, 0.717) is 0 Å². The molecule has 0 unspecified atom stereocenters. The van der Waals surface area contributed by atoms with Crippen LogP contribution in [-0.2, 0) is 0 Å². The van der Waals surface area contributed by atoms with E-state index in [2.05, 4.69) is 18.4 Å². The lowest BCUT2D eigenvalue weighted by Gasteiger charge is -2.29. The Morgan fingerprint density at radius 2 is 2.17 bits per heavy atom. The topological polar surface area (TPSA) is 3.01 Å². The van der Waals surface area contributed by atoms with Crippen LogP contribution >= 0.6 is 0 Å². The lowest BCUT2D eigenvalue weighted by atomic mass is 9.87. The summed E-state index contributed by atoms with van der Waals surface area (Å²) in [5.41, 5.74) is 1.65. The molecule has 0 spiro atoms. The summed E-state index contributed by atoms with van der Waals surface area (Å²) in [7, 11) is 0. The molecule has 0 bridgehead atoms. The zero-order valence-corrected chi connectivity index (χ0v) is 8.34. The van der Waals surface area contributed by atoms with Crippen molar-refractivity contribution in [3.8, 4) is 0 Å². The van der Waals surface area contributed by atoms with Gasteiger partial charge in [0.1, 0.15) is 12.3 Å². The zero-order valence-electron chi connectivity index (χ0n) is 8.34. The number of fused-ring (bicyclic) bond motifs is 1. The van der Waals surface area contributed by atoms with Gasteiger partial charge in [0.25, 0.3) is 0 Å². The molecular weight excluding hydrogens is 146 g/mol. The first-order valence-corrected chi connectivity index (χ1v) is 5.36. The van der Waals surface area contributed by atoms with Crippen LogP contribution in [-0.4, -0.2) is 22.9 Å². The molecule has 1 heteroatoms. The van der Waals surface area contributed by atoms with Gasteiger partial charge in [-0.15, -0.1) is 0 Å². The first-order chi connectivity index (χ1) is 5.77. The van der Waals surface area contributed by atoms with Crippen molar-refractivity contribution in [2.24, 2.45) is 5.92 Å². The van der Waals surface area contributed by atoms with E-state index in [4.69, 9.17) is 0 Å². The van der Waals surface area contributed by atoms with Crippen LogP contribution in [0.3, 0.4) is 0 Å². The Morgan fingerprint density at radius 1 is 1.33 bits per heavy atom. The molecule has 0 aromatic heterocycles. The number of rotatable bonds is 0. The van der Waals surface area contributed by atoms with Crippen molar-refractivity contribution in [3.63, 3.8) is 0 Å². The average Bonchev–Trinajstić information content (AvgIpc) is 2.04. The summed E-state index contributed by atoms with van der Waals surface area (Å²) in [6, 6.07) is 0.905. The number of nitrogens with zero attached hydrogens (tertiary/aromatic N) is 1. The number of piperidine rings is 1. The Labute approximate surface area is 75.5 Å². The minimum Gasteiger partial charge on any atom is -0.235 e. The Kier molecular flexibility index (Phi) is 2.20. The SMILES string of the molecule is CC1=[N+]2CCCC[C@@H]2C[C@H](C)C1. The molecule has 1 nitrogen and oxygen atoms in total. The molecule has 2 aliphatic heterocycles. The van der Waals surface area contributed by atoms with Gasteiger partial charge in [-0.1, -0.05) is 6.92 Å². The van der Waals surface area contributed by atoms with Crippen LogP contribution in [0.15, 0.2) is 0 Å². The highest BCUT2D eigenvalue weighted by Crippen LogP contribution is 2.26. The average molecular weight is 166 g/mol. The molecule has 2 atom stereocenters. The maximum absolute atomic E-state index is 2.67. The van der Waals surface area contributed by atoms with Crippen LogP contribution < -0.4 is 0 Å². The van der Waals surface area contributed by atoms with E-state index < -0.39 is 0 Å². The van der Waals surface area contributed by atoms with Gasteiger partial charge < -0.3 is 0 Å². The molecule has 2 aliphatic rings. The van der Waals surface area contributed by atoms with Crippen LogP contribution in [0.5, 0.6) is 0 Å². The summed E-state index contributed by atoms with van der Waals surface area (Å²) >= 11 is 0. The van der Waals surface area contributed by atoms with Crippen LogP contribution in [0.1, 0.15) is 46.0 Å². The normalized spacial score (nSPS) is 36.5. The predicted molar refractivity (Wildman–Crippen MR) is 51.8 cm³/mol. The summed E-state index contributed by atoms with van der Waals surface area (Å²) in [5.74, 6) is 0.935. The van der Waals surface area contributed by atoms with Crippen molar-refractivity contribution in [1.29, 1.82) is 0 Å². The monoisotopic (exact) mass is 166 g/mol.